The van der Waals surface area contributed by atoms with E-state index in [1.54, 1.807) is 48.6 Å². The van der Waals surface area contributed by atoms with Gasteiger partial charge in [0.05, 0.1) is 16.5 Å². The SMILES string of the molecule is CC.CC.CC.CC.CC.O=C(Oc1cccc2cccc(OC(=O)C3=CC=CCC=C3)c12)C1=CC=CCC=C1. The highest BCUT2D eigenvalue weighted by molar-refractivity contribution is 6.01. The average Bonchev–Trinajstić information content (AvgIpc) is 3.49. The molecule has 0 atom stereocenters. The molecule has 0 bridgehead atoms. The minimum absolute atomic E-state index is 0.341. The Morgan fingerprint density at radius 2 is 0.925 bits per heavy atom. The molecule has 0 amide bonds. The highest BCUT2D eigenvalue weighted by atomic mass is 16.5. The van der Waals surface area contributed by atoms with Gasteiger partial charge in [0.25, 0.3) is 0 Å². The monoisotopic (exact) mass is 546 g/mol. The third kappa shape index (κ3) is 12.8. The van der Waals surface area contributed by atoms with E-state index in [0.717, 1.165) is 18.2 Å². The zero-order chi connectivity index (χ0) is 30.8. The first-order valence-electron chi connectivity index (χ1n) is 14.8. The number of ether oxygens (including phenoxy) is 2. The van der Waals surface area contributed by atoms with E-state index in [0.29, 0.717) is 28.0 Å². The number of hydrogen-bond acceptors (Lipinski definition) is 4. The lowest BCUT2D eigenvalue weighted by atomic mass is 10.1. The number of hydrogen-bond donors (Lipinski definition) is 0. The van der Waals surface area contributed by atoms with E-state index in [4.69, 9.17) is 9.47 Å². The van der Waals surface area contributed by atoms with Crippen molar-refractivity contribution in [1.82, 2.24) is 0 Å². The van der Waals surface area contributed by atoms with Crippen LogP contribution in [0.2, 0.25) is 0 Å². The van der Waals surface area contributed by atoms with Crippen LogP contribution in [0.15, 0.2) is 108 Å². The van der Waals surface area contributed by atoms with E-state index in [2.05, 4.69) is 0 Å². The number of benzene rings is 2. The fraction of sp³-hybridized carbons (Fsp3) is 0.333. The van der Waals surface area contributed by atoms with Crippen molar-refractivity contribution in [1.29, 1.82) is 0 Å². The fourth-order valence-corrected chi connectivity index (χ4v) is 3.19. The molecule has 2 aromatic carbocycles. The van der Waals surface area contributed by atoms with Crippen LogP contribution < -0.4 is 9.47 Å². The topological polar surface area (TPSA) is 52.6 Å². The van der Waals surface area contributed by atoms with Crippen molar-refractivity contribution in [3.63, 3.8) is 0 Å². The molecule has 0 aromatic heterocycles. The second-order valence-corrected chi connectivity index (χ2v) is 6.77. The molecule has 0 heterocycles. The van der Waals surface area contributed by atoms with Crippen molar-refractivity contribution < 1.29 is 19.1 Å². The first-order valence-corrected chi connectivity index (χ1v) is 14.8. The molecule has 40 heavy (non-hydrogen) atoms. The first-order chi connectivity index (χ1) is 19.7. The van der Waals surface area contributed by atoms with Crippen LogP contribution in [-0.4, -0.2) is 11.9 Å². The van der Waals surface area contributed by atoms with Gasteiger partial charge in [-0.2, -0.15) is 0 Å². The highest BCUT2D eigenvalue weighted by Gasteiger charge is 2.17. The fourth-order valence-electron chi connectivity index (χ4n) is 3.19. The molecule has 2 aliphatic carbocycles. The van der Waals surface area contributed by atoms with Gasteiger partial charge in [0.15, 0.2) is 0 Å². The summed E-state index contributed by atoms with van der Waals surface area (Å²) in [6.07, 6.45) is 19.8. The first kappa shape index (κ1) is 38.2. The average molecular weight is 547 g/mol. The number of fused-ring (bicyclic) bond motifs is 1. The van der Waals surface area contributed by atoms with Crippen molar-refractivity contribution in [2.24, 2.45) is 0 Å². The van der Waals surface area contributed by atoms with Gasteiger partial charge in [-0.05, 0) is 42.5 Å². The van der Waals surface area contributed by atoms with E-state index in [9.17, 15) is 9.59 Å². The van der Waals surface area contributed by atoms with Crippen LogP contribution in [-0.2, 0) is 9.59 Å². The zero-order valence-electron chi connectivity index (χ0n) is 26.3. The summed E-state index contributed by atoms with van der Waals surface area (Å²) >= 11 is 0. The zero-order valence-corrected chi connectivity index (χ0v) is 26.3. The van der Waals surface area contributed by atoms with Gasteiger partial charge in [0, 0.05) is 0 Å². The normalized spacial score (nSPS) is 12.2. The lowest BCUT2D eigenvalue weighted by molar-refractivity contribution is -0.130. The minimum atomic E-state index is -0.467. The van der Waals surface area contributed by atoms with E-state index in [-0.39, 0.29) is 0 Å². The number of rotatable bonds is 4. The summed E-state index contributed by atoms with van der Waals surface area (Å²) in [4.78, 5) is 25.3. The number of carbonyl (C=O) groups is 2. The maximum atomic E-state index is 12.7. The molecular weight excluding hydrogens is 496 g/mol. The molecule has 0 fully saturated rings. The van der Waals surface area contributed by atoms with Crippen LogP contribution in [0.3, 0.4) is 0 Å². The Bertz CT molecular complexity index is 1090. The molecule has 2 aliphatic rings. The summed E-state index contributed by atoms with van der Waals surface area (Å²) in [5.74, 6) is -0.251. The summed E-state index contributed by atoms with van der Waals surface area (Å²) in [5.41, 5.74) is 0.909. The Morgan fingerprint density at radius 1 is 0.550 bits per heavy atom. The molecule has 0 saturated heterocycles. The standard InChI is InChI=1S/C26H20O4.5C2H6/c27-25(20-11-5-1-2-6-12-20)29-22-17-9-15-19-16-10-18-23(24(19)22)30-26(28)21-13-7-3-4-8-14-21;5*1-2/h1,3,5-18H,2,4H2;5*1-2H3. The van der Waals surface area contributed by atoms with E-state index in [1.807, 2.05) is 118 Å². The molecule has 2 aromatic rings. The van der Waals surface area contributed by atoms with Crippen molar-refractivity contribution in [3.05, 3.63) is 108 Å². The Labute approximate surface area is 243 Å². The van der Waals surface area contributed by atoms with Gasteiger partial charge in [-0.25, -0.2) is 9.59 Å². The molecule has 0 spiro atoms. The van der Waals surface area contributed by atoms with Crippen LogP contribution in [0.1, 0.15) is 82.1 Å². The Hall–Kier alpha value is -3.92. The lowest BCUT2D eigenvalue weighted by Crippen LogP contribution is -2.12. The van der Waals surface area contributed by atoms with Crippen LogP contribution in [0.25, 0.3) is 10.8 Å². The predicted octanol–water partition coefficient (Wildman–Crippen LogP) is 10.7. The summed E-state index contributed by atoms with van der Waals surface area (Å²) < 4.78 is 11.4. The van der Waals surface area contributed by atoms with E-state index < -0.39 is 11.9 Å². The van der Waals surface area contributed by atoms with E-state index in [1.165, 1.54) is 0 Å². The smallest absolute Gasteiger partial charge is 0.343 e. The van der Waals surface area contributed by atoms with E-state index >= 15 is 0 Å². The van der Waals surface area contributed by atoms with Crippen LogP contribution >= 0.6 is 0 Å². The van der Waals surface area contributed by atoms with Crippen molar-refractivity contribution >= 4 is 22.7 Å². The molecule has 0 aliphatic heterocycles. The van der Waals surface area contributed by atoms with Gasteiger partial charge in [0.1, 0.15) is 11.5 Å². The maximum Gasteiger partial charge on any atom is 0.343 e. The van der Waals surface area contributed by atoms with Crippen molar-refractivity contribution in [3.8, 4) is 11.5 Å². The van der Waals surface area contributed by atoms with Gasteiger partial charge in [-0.1, -0.05) is 142 Å². The summed E-state index contributed by atoms with van der Waals surface area (Å²) in [7, 11) is 0. The summed E-state index contributed by atoms with van der Waals surface area (Å²) in [6, 6.07) is 10.8. The second-order valence-electron chi connectivity index (χ2n) is 6.77. The third-order valence-electron chi connectivity index (χ3n) is 4.67. The van der Waals surface area contributed by atoms with Gasteiger partial charge in [0.2, 0.25) is 0 Å². The molecule has 4 heteroatoms. The number of carbonyl (C=O) groups excluding carboxylic acids is 2. The molecule has 4 nitrogen and oxygen atoms in total. The Morgan fingerprint density at radius 3 is 1.30 bits per heavy atom. The van der Waals surface area contributed by atoms with Crippen molar-refractivity contribution in [2.75, 3.05) is 0 Å². The summed E-state index contributed by atoms with van der Waals surface area (Å²) in [6.45, 7) is 20.0. The molecule has 0 saturated carbocycles. The van der Waals surface area contributed by atoms with Crippen LogP contribution in [0.4, 0.5) is 0 Å². The van der Waals surface area contributed by atoms with Gasteiger partial charge < -0.3 is 9.47 Å². The summed E-state index contributed by atoms with van der Waals surface area (Å²) in [5, 5.41) is 1.38. The van der Waals surface area contributed by atoms with Gasteiger partial charge in [-0.15, -0.1) is 0 Å². The van der Waals surface area contributed by atoms with Crippen molar-refractivity contribution in [2.45, 2.75) is 82.1 Å². The highest BCUT2D eigenvalue weighted by Crippen LogP contribution is 2.35. The maximum absolute atomic E-state index is 12.7. The minimum Gasteiger partial charge on any atom is -0.422 e. The number of esters is 2. The van der Waals surface area contributed by atoms with Crippen LogP contribution in [0, 0.1) is 0 Å². The number of allylic oxidation sites excluding steroid dienone is 8. The van der Waals surface area contributed by atoms with Gasteiger partial charge in [-0.3, -0.25) is 0 Å². The second kappa shape index (κ2) is 25.4. The molecular formula is C36H50O4. The Kier molecular flexibility index (Phi) is 24.2. The molecule has 0 N–H and O–H groups in total. The van der Waals surface area contributed by atoms with Gasteiger partial charge >= 0.3 is 11.9 Å². The lowest BCUT2D eigenvalue weighted by Gasteiger charge is -2.12. The molecule has 0 unspecified atom stereocenters. The molecule has 4 rings (SSSR count). The van der Waals surface area contributed by atoms with Crippen LogP contribution in [0.5, 0.6) is 11.5 Å². The molecule has 0 radical (unpaired) electrons. The largest absolute Gasteiger partial charge is 0.422 e. The molecule has 218 valence electrons. The Balaban J connectivity index is 0. The predicted molar refractivity (Wildman–Crippen MR) is 174 cm³/mol. The third-order valence-corrected chi connectivity index (χ3v) is 4.67. The quantitative estimate of drug-likeness (QED) is 0.283.